The number of ether oxygens (including phenoxy) is 1. The van der Waals surface area contributed by atoms with E-state index in [0.29, 0.717) is 35.3 Å². The van der Waals surface area contributed by atoms with Gasteiger partial charge in [0.15, 0.2) is 5.82 Å². The number of anilines is 5. The standard InChI is InChI=1S/C30H29ClFN7O2/c31-25-19-34-30(35-22-8-10-23(11-9-22)39-14-12-38(13-15-39)16-17-40)37-29(25)36-27-6-3-7-28(24(27)18-33)41-20-21-4-1-2-5-26(21)32/h1-11,19,40H,12-17,20H2,(H2,34,35,36,37). The molecule has 1 aliphatic heterocycles. The predicted molar refractivity (Wildman–Crippen MR) is 158 cm³/mol. The fourth-order valence-corrected chi connectivity index (χ4v) is 4.68. The number of hydrogen-bond donors (Lipinski definition) is 3. The molecule has 4 aromatic rings. The van der Waals surface area contributed by atoms with Crippen LogP contribution in [0.4, 0.5) is 33.2 Å². The summed E-state index contributed by atoms with van der Waals surface area (Å²) in [7, 11) is 0. The Morgan fingerprint density at radius 1 is 1.00 bits per heavy atom. The maximum absolute atomic E-state index is 14.0. The molecule has 2 heterocycles. The maximum Gasteiger partial charge on any atom is 0.229 e. The van der Waals surface area contributed by atoms with Crippen molar-refractivity contribution in [1.82, 2.24) is 14.9 Å². The van der Waals surface area contributed by atoms with Crippen molar-refractivity contribution in [2.24, 2.45) is 0 Å². The van der Waals surface area contributed by atoms with Gasteiger partial charge in [0.1, 0.15) is 34.8 Å². The number of β-amino-alcohol motifs (C(OH)–C–C–N with tert-alkyl or cyclic N) is 1. The molecule has 3 aromatic carbocycles. The second kappa shape index (κ2) is 13.3. The van der Waals surface area contributed by atoms with Crippen LogP contribution in [0.2, 0.25) is 5.02 Å². The van der Waals surface area contributed by atoms with Crippen LogP contribution in [0.3, 0.4) is 0 Å². The molecule has 1 fully saturated rings. The Morgan fingerprint density at radius 2 is 1.78 bits per heavy atom. The Hall–Kier alpha value is -4.43. The van der Waals surface area contributed by atoms with Gasteiger partial charge in [-0.05, 0) is 42.5 Å². The molecule has 0 atom stereocenters. The molecule has 9 nitrogen and oxygen atoms in total. The Balaban J connectivity index is 1.26. The average Bonchev–Trinajstić information content (AvgIpc) is 2.99. The summed E-state index contributed by atoms with van der Waals surface area (Å²) in [6.07, 6.45) is 1.48. The fourth-order valence-electron chi connectivity index (χ4n) is 4.54. The van der Waals surface area contributed by atoms with E-state index in [2.05, 4.69) is 36.5 Å². The Bertz CT molecular complexity index is 1520. The molecule has 0 spiro atoms. The van der Waals surface area contributed by atoms with Crippen LogP contribution in [0.5, 0.6) is 5.75 Å². The Morgan fingerprint density at radius 3 is 2.51 bits per heavy atom. The summed E-state index contributed by atoms with van der Waals surface area (Å²) >= 11 is 6.39. The van der Waals surface area contributed by atoms with Crippen molar-refractivity contribution in [1.29, 1.82) is 5.26 Å². The summed E-state index contributed by atoms with van der Waals surface area (Å²) in [6.45, 7) is 4.52. The van der Waals surface area contributed by atoms with Crippen LogP contribution in [0.25, 0.3) is 0 Å². The number of nitrogens with zero attached hydrogens (tertiary/aromatic N) is 5. The summed E-state index contributed by atoms with van der Waals surface area (Å²) in [4.78, 5) is 13.4. The molecule has 1 saturated heterocycles. The number of aliphatic hydroxyl groups excluding tert-OH is 1. The van der Waals surface area contributed by atoms with E-state index in [1.807, 2.05) is 24.3 Å². The van der Waals surface area contributed by atoms with E-state index in [-0.39, 0.29) is 29.6 Å². The van der Waals surface area contributed by atoms with Gasteiger partial charge in [-0.3, -0.25) is 4.90 Å². The summed E-state index contributed by atoms with van der Waals surface area (Å²) in [5.74, 6) is 0.566. The van der Waals surface area contributed by atoms with Crippen molar-refractivity contribution in [2.45, 2.75) is 6.61 Å². The first-order valence-electron chi connectivity index (χ1n) is 13.2. The number of rotatable bonds is 10. The highest BCUT2D eigenvalue weighted by Gasteiger charge is 2.17. The van der Waals surface area contributed by atoms with Crippen molar-refractivity contribution in [3.05, 3.63) is 94.9 Å². The summed E-state index contributed by atoms with van der Waals surface area (Å²) in [5.41, 5.74) is 2.99. The highest BCUT2D eigenvalue weighted by Crippen LogP contribution is 2.31. The molecular weight excluding hydrogens is 545 g/mol. The van der Waals surface area contributed by atoms with E-state index in [0.717, 1.165) is 37.6 Å². The number of hydrogen-bond acceptors (Lipinski definition) is 9. The van der Waals surface area contributed by atoms with Gasteiger partial charge in [-0.25, -0.2) is 9.37 Å². The molecule has 0 unspecified atom stereocenters. The number of nitrogens with one attached hydrogen (secondary N) is 2. The summed E-state index contributed by atoms with van der Waals surface area (Å²) in [5, 5.41) is 25.6. The quantitative estimate of drug-likeness (QED) is 0.232. The van der Waals surface area contributed by atoms with E-state index in [4.69, 9.17) is 21.4 Å². The van der Waals surface area contributed by atoms with E-state index in [1.54, 1.807) is 36.4 Å². The van der Waals surface area contributed by atoms with Gasteiger partial charge in [-0.15, -0.1) is 0 Å². The van der Waals surface area contributed by atoms with E-state index < -0.39 is 0 Å². The first kappa shape index (κ1) is 28.1. The van der Waals surface area contributed by atoms with Crippen LogP contribution >= 0.6 is 11.6 Å². The van der Waals surface area contributed by atoms with Crippen LogP contribution in [0.1, 0.15) is 11.1 Å². The largest absolute Gasteiger partial charge is 0.487 e. The van der Waals surface area contributed by atoms with Gasteiger partial charge in [0, 0.05) is 49.7 Å². The Labute approximate surface area is 242 Å². The molecule has 5 rings (SSSR count). The molecule has 11 heteroatoms. The first-order chi connectivity index (χ1) is 20.0. The van der Waals surface area contributed by atoms with Crippen molar-refractivity contribution < 1.29 is 14.2 Å². The highest BCUT2D eigenvalue weighted by molar-refractivity contribution is 6.32. The van der Waals surface area contributed by atoms with Gasteiger partial charge in [-0.2, -0.15) is 10.2 Å². The zero-order valence-corrected chi connectivity index (χ0v) is 23.0. The number of aromatic nitrogens is 2. The zero-order chi connectivity index (χ0) is 28.6. The number of nitriles is 1. The molecule has 0 bridgehead atoms. The van der Waals surface area contributed by atoms with E-state index >= 15 is 0 Å². The third-order valence-corrected chi connectivity index (χ3v) is 7.03. The second-order valence-corrected chi connectivity index (χ2v) is 9.82. The number of aliphatic hydroxyl groups is 1. The molecular formula is C30H29ClFN7O2. The van der Waals surface area contributed by atoms with Gasteiger partial charge in [0.2, 0.25) is 5.95 Å². The normalized spacial score (nSPS) is 13.5. The molecule has 1 aromatic heterocycles. The predicted octanol–water partition coefficient (Wildman–Crippen LogP) is 5.32. The van der Waals surface area contributed by atoms with Gasteiger partial charge >= 0.3 is 0 Å². The molecule has 0 radical (unpaired) electrons. The molecule has 41 heavy (non-hydrogen) atoms. The smallest absolute Gasteiger partial charge is 0.229 e. The minimum atomic E-state index is -0.375. The average molecular weight is 574 g/mol. The summed E-state index contributed by atoms with van der Waals surface area (Å²) < 4.78 is 19.8. The van der Waals surface area contributed by atoms with Crippen molar-refractivity contribution in [3.63, 3.8) is 0 Å². The van der Waals surface area contributed by atoms with Crippen LogP contribution in [-0.4, -0.2) is 59.3 Å². The van der Waals surface area contributed by atoms with Gasteiger partial charge < -0.3 is 25.4 Å². The fraction of sp³-hybridized carbons (Fsp3) is 0.233. The number of halogens is 2. The van der Waals surface area contributed by atoms with Crippen LogP contribution in [-0.2, 0) is 6.61 Å². The van der Waals surface area contributed by atoms with Gasteiger partial charge in [-0.1, -0.05) is 35.9 Å². The third-order valence-electron chi connectivity index (χ3n) is 6.75. The molecule has 0 saturated carbocycles. The van der Waals surface area contributed by atoms with E-state index in [1.165, 1.54) is 12.3 Å². The summed E-state index contributed by atoms with van der Waals surface area (Å²) in [6, 6.07) is 21.6. The molecule has 0 aliphatic carbocycles. The molecule has 210 valence electrons. The van der Waals surface area contributed by atoms with Gasteiger partial charge in [0.05, 0.1) is 18.5 Å². The third kappa shape index (κ3) is 7.02. The maximum atomic E-state index is 14.0. The highest BCUT2D eigenvalue weighted by atomic mass is 35.5. The second-order valence-electron chi connectivity index (χ2n) is 9.41. The van der Waals surface area contributed by atoms with Crippen molar-refractivity contribution in [3.8, 4) is 11.8 Å². The molecule has 3 N–H and O–H groups in total. The molecule has 1 aliphatic rings. The Kier molecular flexibility index (Phi) is 9.11. The molecule has 0 amide bonds. The lowest BCUT2D eigenvalue weighted by Gasteiger charge is -2.35. The first-order valence-corrected chi connectivity index (χ1v) is 13.6. The lowest BCUT2D eigenvalue weighted by Crippen LogP contribution is -2.47. The van der Waals surface area contributed by atoms with Crippen molar-refractivity contribution >= 4 is 40.4 Å². The monoisotopic (exact) mass is 573 g/mol. The minimum Gasteiger partial charge on any atom is -0.487 e. The number of piperazine rings is 1. The van der Waals surface area contributed by atoms with Crippen LogP contribution in [0.15, 0.2) is 72.9 Å². The lowest BCUT2D eigenvalue weighted by molar-refractivity contribution is 0.189. The zero-order valence-electron chi connectivity index (χ0n) is 22.2. The van der Waals surface area contributed by atoms with E-state index in [9.17, 15) is 9.65 Å². The van der Waals surface area contributed by atoms with Crippen LogP contribution < -0.4 is 20.3 Å². The SMILES string of the molecule is N#Cc1c(Nc2nc(Nc3ccc(N4CCN(CCO)CC4)cc3)ncc2Cl)cccc1OCc1ccccc1F. The van der Waals surface area contributed by atoms with Crippen LogP contribution in [0, 0.1) is 17.1 Å². The van der Waals surface area contributed by atoms with Crippen molar-refractivity contribution in [2.75, 3.05) is 54.9 Å². The number of benzene rings is 3. The van der Waals surface area contributed by atoms with Gasteiger partial charge in [0.25, 0.3) is 0 Å². The lowest BCUT2D eigenvalue weighted by atomic mass is 10.1. The topological polar surface area (TPSA) is 110 Å². The minimum absolute atomic E-state index is 0.0220.